The van der Waals surface area contributed by atoms with Gasteiger partial charge in [0.05, 0.1) is 0 Å². The molecule has 0 aromatic heterocycles. The number of allylic oxidation sites excluding steroid dienone is 5. The van der Waals surface area contributed by atoms with Crippen LogP contribution in [0, 0.1) is 18.1 Å². The molecule has 0 bridgehead atoms. The lowest BCUT2D eigenvalue weighted by Crippen LogP contribution is -2.38. The van der Waals surface area contributed by atoms with E-state index in [1.165, 1.54) is 101 Å². The summed E-state index contributed by atoms with van der Waals surface area (Å²) in [6, 6.07) is 13.5. The van der Waals surface area contributed by atoms with Gasteiger partial charge in [0.25, 0.3) is 0 Å². The van der Waals surface area contributed by atoms with Crippen LogP contribution in [-0.4, -0.2) is 24.0 Å². The zero-order valence-corrected chi connectivity index (χ0v) is 21.1. The van der Waals surface area contributed by atoms with Gasteiger partial charge in [-0.2, -0.15) is 0 Å². The Morgan fingerprint density at radius 3 is 2.70 bits per heavy atom. The largest absolute Gasteiger partial charge is 0.300 e. The highest BCUT2D eigenvalue weighted by Crippen LogP contribution is 2.40. The number of hydrogen-bond acceptors (Lipinski definition) is 1. The van der Waals surface area contributed by atoms with Crippen molar-refractivity contribution in [2.75, 3.05) is 13.1 Å². The lowest BCUT2D eigenvalue weighted by molar-refractivity contribution is 0.150. The highest BCUT2D eigenvalue weighted by atomic mass is 15.2. The Hall–Kier alpha value is -1.78. The molecule has 3 atom stereocenters. The molecule has 1 saturated heterocycles. The SMILES string of the molecule is C=C(CC1=CCCC(N2CCCCC2)CC1)CC(=CC)C1CCCCC(c2cc#ccc2)C1. The van der Waals surface area contributed by atoms with Crippen LogP contribution in [-0.2, 0) is 0 Å². The van der Waals surface area contributed by atoms with Gasteiger partial charge in [-0.05, 0) is 126 Å². The first kappa shape index (κ1) is 24.3. The molecular weight excluding hydrogens is 398 g/mol. The Labute approximate surface area is 204 Å². The molecule has 178 valence electrons. The summed E-state index contributed by atoms with van der Waals surface area (Å²) in [4.78, 5) is 2.79. The quantitative estimate of drug-likeness (QED) is 0.301. The van der Waals surface area contributed by atoms with Crippen LogP contribution in [0.5, 0.6) is 0 Å². The third-order valence-corrected chi connectivity index (χ3v) is 8.54. The lowest BCUT2D eigenvalue weighted by atomic mass is 9.81. The monoisotopic (exact) mass is 443 g/mol. The summed E-state index contributed by atoms with van der Waals surface area (Å²) in [5, 5.41) is 0. The van der Waals surface area contributed by atoms with Gasteiger partial charge >= 0.3 is 0 Å². The first-order chi connectivity index (χ1) is 16.2. The van der Waals surface area contributed by atoms with E-state index in [2.05, 4.69) is 54.8 Å². The third kappa shape index (κ3) is 7.10. The maximum atomic E-state index is 4.57. The molecule has 0 radical (unpaired) electrons. The topological polar surface area (TPSA) is 3.24 Å². The van der Waals surface area contributed by atoms with E-state index < -0.39 is 0 Å². The number of nitrogens with zero attached hydrogens (tertiary/aromatic N) is 1. The van der Waals surface area contributed by atoms with Crippen LogP contribution < -0.4 is 0 Å². The van der Waals surface area contributed by atoms with E-state index in [4.69, 9.17) is 0 Å². The summed E-state index contributed by atoms with van der Waals surface area (Å²) in [6.45, 7) is 9.49. The molecule has 1 aromatic rings. The van der Waals surface area contributed by atoms with Gasteiger partial charge in [0.2, 0.25) is 0 Å². The predicted octanol–water partition coefficient (Wildman–Crippen LogP) is 8.59. The molecule has 1 nitrogen and oxygen atoms in total. The molecule has 3 aliphatic rings. The summed E-state index contributed by atoms with van der Waals surface area (Å²) in [6.07, 6.45) is 23.3. The molecular formula is C32H45N. The van der Waals surface area contributed by atoms with Crippen molar-refractivity contribution in [3.05, 3.63) is 71.3 Å². The van der Waals surface area contributed by atoms with Crippen molar-refractivity contribution in [2.24, 2.45) is 5.92 Å². The van der Waals surface area contributed by atoms with Crippen molar-refractivity contribution in [3.8, 4) is 0 Å². The summed E-state index contributed by atoms with van der Waals surface area (Å²) in [5.41, 5.74) is 6.18. The van der Waals surface area contributed by atoms with Crippen molar-refractivity contribution >= 4 is 0 Å². The fourth-order valence-corrected chi connectivity index (χ4v) is 6.66. The second-order valence-electron chi connectivity index (χ2n) is 10.9. The number of hydrogen-bond donors (Lipinski definition) is 0. The minimum Gasteiger partial charge on any atom is -0.300 e. The Morgan fingerprint density at radius 1 is 1.06 bits per heavy atom. The van der Waals surface area contributed by atoms with Gasteiger partial charge in [-0.1, -0.05) is 66.8 Å². The second kappa shape index (κ2) is 12.6. The van der Waals surface area contributed by atoms with Crippen molar-refractivity contribution in [1.29, 1.82) is 0 Å². The normalized spacial score (nSPS) is 27.7. The number of piperidine rings is 1. The molecule has 1 heteroatoms. The molecule has 33 heavy (non-hydrogen) atoms. The fraction of sp³-hybridized carbons (Fsp3) is 0.625. The van der Waals surface area contributed by atoms with Gasteiger partial charge in [-0.25, -0.2) is 0 Å². The Balaban J connectivity index is 1.30. The fourth-order valence-electron chi connectivity index (χ4n) is 6.66. The molecule has 1 aliphatic heterocycles. The average Bonchev–Trinajstić information content (AvgIpc) is 3.25. The molecule has 0 spiro atoms. The molecule has 2 fully saturated rings. The highest BCUT2D eigenvalue weighted by Gasteiger charge is 2.25. The van der Waals surface area contributed by atoms with E-state index >= 15 is 0 Å². The minimum atomic E-state index is 0.669. The maximum Gasteiger partial charge on any atom is 0.0101 e. The molecule has 0 amide bonds. The van der Waals surface area contributed by atoms with E-state index in [-0.39, 0.29) is 0 Å². The van der Waals surface area contributed by atoms with Crippen LogP contribution in [0.4, 0.5) is 0 Å². The van der Waals surface area contributed by atoms with E-state index in [9.17, 15) is 0 Å². The van der Waals surface area contributed by atoms with Gasteiger partial charge in [0.1, 0.15) is 0 Å². The van der Waals surface area contributed by atoms with Crippen LogP contribution in [0.1, 0.15) is 108 Å². The van der Waals surface area contributed by atoms with Crippen LogP contribution in [0.25, 0.3) is 0 Å². The predicted molar refractivity (Wildman–Crippen MR) is 141 cm³/mol. The standard InChI is InChI=1S/C32H45N/c1-3-28(30-16-8-9-17-31(25-30)29-14-6-4-7-15-29)24-26(2)23-27-13-12-18-32(20-19-27)33-21-10-5-11-22-33/h3,6,13-15,30-32H,2,5,8-12,16-25H2,1H3. The molecule has 1 aromatic carbocycles. The summed E-state index contributed by atoms with van der Waals surface area (Å²) >= 11 is 0. The molecule has 1 saturated carbocycles. The summed E-state index contributed by atoms with van der Waals surface area (Å²) in [5.74, 6) is 1.37. The summed E-state index contributed by atoms with van der Waals surface area (Å²) < 4.78 is 0. The van der Waals surface area contributed by atoms with E-state index in [1.807, 2.05) is 6.07 Å². The number of likely N-dealkylation sites (tertiary alicyclic amines) is 1. The molecule has 3 unspecified atom stereocenters. The highest BCUT2D eigenvalue weighted by molar-refractivity contribution is 5.23. The van der Waals surface area contributed by atoms with Crippen molar-refractivity contribution in [1.82, 2.24) is 4.90 Å². The van der Waals surface area contributed by atoms with Crippen molar-refractivity contribution in [2.45, 2.75) is 109 Å². The van der Waals surface area contributed by atoms with Gasteiger partial charge in [-0.3, -0.25) is 0 Å². The smallest absolute Gasteiger partial charge is 0.0101 e. The summed E-state index contributed by atoms with van der Waals surface area (Å²) in [7, 11) is 0. The van der Waals surface area contributed by atoms with Gasteiger partial charge < -0.3 is 4.90 Å². The molecule has 4 rings (SSSR count). The van der Waals surface area contributed by atoms with Crippen LogP contribution in [0.2, 0.25) is 0 Å². The molecule has 0 N–H and O–H groups in total. The van der Waals surface area contributed by atoms with Gasteiger partial charge in [0.15, 0.2) is 0 Å². The zero-order chi connectivity index (χ0) is 22.9. The first-order valence-corrected chi connectivity index (χ1v) is 13.8. The second-order valence-corrected chi connectivity index (χ2v) is 10.9. The zero-order valence-electron chi connectivity index (χ0n) is 21.1. The van der Waals surface area contributed by atoms with Crippen molar-refractivity contribution in [3.63, 3.8) is 0 Å². The first-order valence-electron chi connectivity index (χ1n) is 13.8. The lowest BCUT2D eigenvalue weighted by Gasteiger charge is -2.34. The van der Waals surface area contributed by atoms with Gasteiger partial charge in [-0.15, -0.1) is 0 Å². The van der Waals surface area contributed by atoms with E-state index in [0.29, 0.717) is 11.8 Å². The third-order valence-electron chi connectivity index (χ3n) is 8.54. The molecule has 1 heterocycles. The Kier molecular flexibility index (Phi) is 9.31. The van der Waals surface area contributed by atoms with Crippen LogP contribution in [0.15, 0.2) is 53.6 Å². The van der Waals surface area contributed by atoms with Crippen LogP contribution in [0.3, 0.4) is 0 Å². The van der Waals surface area contributed by atoms with E-state index in [0.717, 1.165) is 18.9 Å². The van der Waals surface area contributed by atoms with Gasteiger partial charge in [0, 0.05) is 6.04 Å². The Bertz CT molecular complexity index is 795. The Morgan fingerprint density at radius 2 is 1.91 bits per heavy atom. The van der Waals surface area contributed by atoms with Crippen LogP contribution >= 0.6 is 0 Å². The van der Waals surface area contributed by atoms with Crippen molar-refractivity contribution < 1.29 is 0 Å². The molecule has 2 aliphatic carbocycles. The minimum absolute atomic E-state index is 0.669. The number of rotatable bonds is 7. The maximum absolute atomic E-state index is 4.57. The van der Waals surface area contributed by atoms with E-state index in [1.54, 1.807) is 11.1 Å². The average molecular weight is 444 g/mol.